The van der Waals surface area contributed by atoms with Crippen molar-refractivity contribution in [1.29, 1.82) is 0 Å². The van der Waals surface area contributed by atoms with Gasteiger partial charge < -0.3 is 5.32 Å². The molecule has 0 spiro atoms. The zero-order chi connectivity index (χ0) is 18.9. The van der Waals surface area contributed by atoms with Crippen LogP contribution in [0.4, 0.5) is 0 Å². The van der Waals surface area contributed by atoms with E-state index in [1.165, 1.54) is 9.71 Å². The Morgan fingerprint density at radius 2 is 1.71 bits per heavy atom. The van der Waals surface area contributed by atoms with Crippen LogP contribution >= 0.6 is 11.3 Å². The van der Waals surface area contributed by atoms with E-state index >= 15 is 0 Å². The Hall–Kier alpha value is -2.24. The molecule has 1 aliphatic heterocycles. The van der Waals surface area contributed by atoms with Gasteiger partial charge in [0.2, 0.25) is 5.91 Å². The normalized spacial score (nSPS) is 19.6. The van der Waals surface area contributed by atoms with Crippen molar-refractivity contribution >= 4 is 27.5 Å². The summed E-state index contributed by atoms with van der Waals surface area (Å²) >= 11 is 1.82. The minimum atomic E-state index is -0.182. The highest BCUT2D eigenvalue weighted by atomic mass is 32.1. The fraction of sp³-hybridized carbons (Fsp3) is 0.391. The highest BCUT2D eigenvalue weighted by molar-refractivity contribution is 7.18. The first-order valence-electron chi connectivity index (χ1n) is 10.2. The van der Waals surface area contributed by atoms with Crippen molar-refractivity contribution in [3.63, 3.8) is 0 Å². The first-order valence-corrected chi connectivity index (χ1v) is 11.0. The van der Waals surface area contributed by atoms with Crippen LogP contribution in [0, 0.1) is 0 Å². The zero-order valence-corrected chi connectivity index (χ0v) is 16.7. The maximum atomic E-state index is 13.0. The average molecular weight is 392 g/mol. The van der Waals surface area contributed by atoms with E-state index in [0.717, 1.165) is 49.9 Å². The van der Waals surface area contributed by atoms with Gasteiger partial charge in [-0.2, -0.15) is 0 Å². The van der Waals surface area contributed by atoms with E-state index in [1.54, 1.807) is 0 Å². The molecule has 1 N–H and O–H groups in total. The number of hydrogen-bond donors (Lipinski definition) is 1. The largest absolute Gasteiger partial charge is 0.352 e. The highest BCUT2D eigenvalue weighted by Crippen LogP contribution is 2.36. The van der Waals surface area contributed by atoms with Crippen LogP contribution in [-0.4, -0.2) is 34.9 Å². The van der Waals surface area contributed by atoms with Gasteiger partial charge in [0.25, 0.3) is 0 Å². The van der Waals surface area contributed by atoms with E-state index in [9.17, 15) is 4.79 Å². The quantitative estimate of drug-likeness (QED) is 0.697. The molecule has 3 aromatic rings. The molecule has 0 bridgehead atoms. The molecular formula is C23H25N3OS. The second-order valence-corrected chi connectivity index (χ2v) is 8.99. The number of nitrogens with one attached hydrogen (secondary N) is 1. The zero-order valence-electron chi connectivity index (χ0n) is 15.9. The van der Waals surface area contributed by atoms with Gasteiger partial charge in [-0.05, 0) is 56.5 Å². The first-order chi connectivity index (χ1) is 13.8. The minimum absolute atomic E-state index is 0.159. The van der Waals surface area contributed by atoms with Crippen molar-refractivity contribution in [3.05, 3.63) is 65.2 Å². The summed E-state index contributed by atoms with van der Waals surface area (Å²) in [5, 5.41) is 4.47. The summed E-state index contributed by atoms with van der Waals surface area (Å²) in [5.74, 6) is 0.656. The third-order valence-electron chi connectivity index (χ3n) is 5.84. The molecule has 144 valence electrons. The molecule has 1 aromatic heterocycles. The molecule has 1 atom stereocenters. The van der Waals surface area contributed by atoms with E-state index in [4.69, 9.17) is 4.98 Å². The molecule has 4 nitrogen and oxygen atoms in total. The van der Waals surface area contributed by atoms with Gasteiger partial charge in [0, 0.05) is 12.0 Å². The van der Waals surface area contributed by atoms with Gasteiger partial charge >= 0.3 is 0 Å². The number of likely N-dealkylation sites (tertiary alicyclic amines) is 1. The summed E-state index contributed by atoms with van der Waals surface area (Å²) in [6, 6.07) is 18.8. The lowest BCUT2D eigenvalue weighted by Gasteiger charge is -2.36. The molecule has 0 unspecified atom stereocenters. The van der Waals surface area contributed by atoms with Crippen LogP contribution in [0.25, 0.3) is 10.2 Å². The smallest absolute Gasteiger partial charge is 0.242 e. The van der Waals surface area contributed by atoms with Gasteiger partial charge in [0.15, 0.2) is 0 Å². The third-order valence-corrected chi connectivity index (χ3v) is 7.04. The Balaban J connectivity index is 1.32. The number of benzene rings is 2. The lowest BCUT2D eigenvalue weighted by atomic mass is 9.94. The molecule has 28 heavy (non-hydrogen) atoms. The van der Waals surface area contributed by atoms with Crippen molar-refractivity contribution in [1.82, 2.24) is 15.2 Å². The van der Waals surface area contributed by atoms with Crippen molar-refractivity contribution in [3.8, 4) is 0 Å². The molecule has 5 heteroatoms. The number of hydrogen-bond acceptors (Lipinski definition) is 4. The van der Waals surface area contributed by atoms with Crippen LogP contribution in [-0.2, 0) is 4.79 Å². The van der Waals surface area contributed by atoms with Crippen molar-refractivity contribution in [2.75, 3.05) is 13.1 Å². The molecule has 1 amide bonds. The molecule has 1 saturated heterocycles. The van der Waals surface area contributed by atoms with Crippen LogP contribution in [0.3, 0.4) is 0 Å². The van der Waals surface area contributed by atoms with E-state index in [2.05, 4.69) is 46.6 Å². The van der Waals surface area contributed by atoms with Gasteiger partial charge in [-0.25, -0.2) is 4.98 Å². The number of rotatable bonds is 5. The van der Waals surface area contributed by atoms with Crippen LogP contribution in [0.1, 0.15) is 48.2 Å². The Morgan fingerprint density at radius 1 is 1.00 bits per heavy atom. The van der Waals surface area contributed by atoms with Gasteiger partial charge in [-0.3, -0.25) is 9.69 Å². The Kier molecular flexibility index (Phi) is 4.87. The molecule has 0 radical (unpaired) electrons. The molecular weight excluding hydrogens is 366 g/mol. The summed E-state index contributed by atoms with van der Waals surface area (Å²) in [6.45, 7) is 1.86. The number of carbonyl (C=O) groups is 1. The Labute approximate surface area is 169 Å². The van der Waals surface area contributed by atoms with Crippen LogP contribution in [0.15, 0.2) is 54.6 Å². The Morgan fingerprint density at radius 3 is 2.43 bits per heavy atom. The number of para-hydroxylation sites is 1. The number of fused-ring (bicyclic) bond motifs is 1. The van der Waals surface area contributed by atoms with E-state index in [1.807, 2.05) is 29.5 Å². The van der Waals surface area contributed by atoms with E-state index in [0.29, 0.717) is 12.0 Å². The molecule has 1 aliphatic carbocycles. The van der Waals surface area contributed by atoms with Crippen LogP contribution in [0.5, 0.6) is 0 Å². The molecule has 2 fully saturated rings. The minimum Gasteiger partial charge on any atom is -0.352 e. The average Bonchev–Trinajstić information content (AvgIpc) is 3.44. The fourth-order valence-corrected chi connectivity index (χ4v) is 5.28. The van der Waals surface area contributed by atoms with Gasteiger partial charge in [0.05, 0.1) is 15.2 Å². The maximum absolute atomic E-state index is 13.0. The second kappa shape index (κ2) is 7.64. The van der Waals surface area contributed by atoms with E-state index in [-0.39, 0.29) is 11.9 Å². The number of piperidine rings is 1. The molecule has 2 heterocycles. The second-order valence-electron chi connectivity index (χ2n) is 7.93. The van der Waals surface area contributed by atoms with Gasteiger partial charge in [0.1, 0.15) is 6.04 Å². The van der Waals surface area contributed by atoms with Crippen molar-refractivity contribution in [2.45, 2.75) is 43.7 Å². The maximum Gasteiger partial charge on any atom is 0.242 e. The number of amides is 1. The third kappa shape index (κ3) is 3.69. The van der Waals surface area contributed by atoms with Crippen LogP contribution < -0.4 is 5.32 Å². The summed E-state index contributed by atoms with van der Waals surface area (Å²) in [4.78, 5) is 20.2. The monoisotopic (exact) mass is 391 g/mol. The molecule has 2 aromatic carbocycles. The van der Waals surface area contributed by atoms with Crippen molar-refractivity contribution in [2.24, 2.45) is 0 Å². The van der Waals surface area contributed by atoms with Crippen molar-refractivity contribution < 1.29 is 4.79 Å². The van der Waals surface area contributed by atoms with E-state index < -0.39 is 0 Å². The first kappa shape index (κ1) is 17.8. The molecule has 1 saturated carbocycles. The van der Waals surface area contributed by atoms with Gasteiger partial charge in [-0.15, -0.1) is 11.3 Å². The number of nitrogens with zero attached hydrogens (tertiary/aromatic N) is 2. The fourth-order valence-electron chi connectivity index (χ4n) is 4.14. The van der Waals surface area contributed by atoms with Gasteiger partial charge in [-0.1, -0.05) is 42.5 Å². The number of carbonyl (C=O) groups excluding carboxylic acids is 1. The standard InChI is InChI=1S/C23H25N3OS/c27-22(24-18-10-11-18)21(16-6-2-1-3-7-16)26-14-12-17(13-15-26)23-25-19-8-4-5-9-20(19)28-23/h1-9,17-18,21H,10-15H2,(H,24,27)/t21-/m1/s1. The lowest BCUT2D eigenvalue weighted by molar-refractivity contribution is -0.127. The SMILES string of the molecule is O=C(NC1CC1)[C@@H](c1ccccc1)N1CCC(c2nc3ccccc3s2)CC1. The number of thiazole rings is 1. The summed E-state index contributed by atoms with van der Waals surface area (Å²) in [5.41, 5.74) is 2.20. The highest BCUT2D eigenvalue weighted by Gasteiger charge is 2.34. The topological polar surface area (TPSA) is 45.2 Å². The molecule has 2 aliphatic rings. The predicted molar refractivity (Wildman–Crippen MR) is 114 cm³/mol. The molecule has 5 rings (SSSR count). The number of aromatic nitrogens is 1. The predicted octanol–water partition coefficient (Wildman–Crippen LogP) is 4.50. The summed E-state index contributed by atoms with van der Waals surface area (Å²) < 4.78 is 1.27. The lowest BCUT2D eigenvalue weighted by Crippen LogP contribution is -2.44. The van der Waals surface area contributed by atoms with Crippen LogP contribution in [0.2, 0.25) is 0 Å². The summed E-state index contributed by atoms with van der Waals surface area (Å²) in [6.07, 6.45) is 4.35. The summed E-state index contributed by atoms with van der Waals surface area (Å²) in [7, 11) is 0. The Bertz CT molecular complexity index is 925.